The largest absolute Gasteiger partial charge is 0.397 e. The third kappa shape index (κ3) is 9.81. The molecule has 0 bridgehead atoms. The van der Waals surface area contributed by atoms with Crippen molar-refractivity contribution in [3.8, 4) is 0 Å². The number of nitrogens with zero attached hydrogens (tertiary/aromatic N) is 4. The maximum absolute atomic E-state index is 13.7. The van der Waals surface area contributed by atoms with E-state index in [-0.39, 0.29) is 26.3 Å². The van der Waals surface area contributed by atoms with Gasteiger partial charge in [-0.2, -0.15) is 0 Å². The number of benzene rings is 4. The van der Waals surface area contributed by atoms with E-state index >= 15 is 0 Å². The summed E-state index contributed by atoms with van der Waals surface area (Å²) in [6.45, 7) is 1.44. The predicted octanol–water partition coefficient (Wildman–Crippen LogP) is 8.64. The number of hydrogen-bond acceptors (Lipinski definition) is 9. The van der Waals surface area contributed by atoms with Gasteiger partial charge in [-0.25, -0.2) is 4.39 Å². The Hall–Kier alpha value is -3.39. The first-order chi connectivity index (χ1) is 20.8. The second-order valence-electron chi connectivity index (χ2n) is 9.98. The fraction of sp³-hybridized carbons (Fsp3) is 0.200. The summed E-state index contributed by atoms with van der Waals surface area (Å²) in [5, 5.41) is 22.3. The number of nitrogen functional groups attached to an aromatic ring is 1. The van der Waals surface area contributed by atoms with Gasteiger partial charge in [0.05, 0.1) is 35.4 Å². The first-order valence-corrected chi connectivity index (χ1v) is 15.3. The molecule has 0 saturated heterocycles. The van der Waals surface area contributed by atoms with E-state index in [0.717, 1.165) is 39.6 Å². The highest BCUT2D eigenvalue weighted by molar-refractivity contribution is 7.99. The van der Waals surface area contributed by atoms with Crippen LogP contribution in [-0.4, -0.2) is 47.8 Å². The fourth-order valence-electron chi connectivity index (χ4n) is 3.91. The number of halogens is 3. The molecule has 4 aromatic rings. The SMILES string of the molecule is CN(C)Cc1ccccc1Sc1cc(F)c(Cl)cc1[N+](=O)[O-].CN(C)Cc1ccccc1Sc1cc(N)c(Cl)cc1[N+](=O)[O-]. The predicted molar refractivity (Wildman–Crippen MR) is 176 cm³/mol. The smallest absolute Gasteiger partial charge is 0.284 e. The van der Waals surface area contributed by atoms with Crippen molar-refractivity contribution in [1.29, 1.82) is 0 Å². The molecule has 4 aromatic carbocycles. The van der Waals surface area contributed by atoms with Crippen LogP contribution in [0.15, 0.2) is 92.4 Å². The summed E-state index contributed by atoms with van der Waals surface area (Å²) >= 11 is 14.0. The Kier molecular flexibility index (Phi) is 12.8. The van der Waals surface area contributed by atoms with Crippen LogP contribution in [0.1, 0.15) is 11.1 Å². The third-order valence-electron chi connectivity index (χ3n) is 5.83. The summed E-state index contributed by atoms with van der Waals surface area (Å²) in [5.74, 6) is -0.667. The van der Waals surface area contributed by atoms with Crippen molar-refractivity contribution in [3.63, 3.8) is 0 Å². The average molecular weight is 679 g/mol. The van der Waals surface area contributed by atoms with Gasteiger partial charge in [-0.3, -0.25) is 20.2 Å². The maximum atomic E-state index is 13.7. The van der Waals surface area contributed by atoms with Crippen LogP contribution < -0.4 is 5.73 Å². The van der Waals surface area contributed by atoms with E-state index in [1.807, 2.05) is 86.5 Å². The van der Waals surface area contributed by atoms with Crippen molar-refractivity contribution >= 4 is 63.8 Å². The van der Waals surface area contributed by atoms with Crippen molar-refractivity contribution in [3.05, 3.63) is 120 Å². The molecular formula is C30H30Cl2FN5O4S2. The van der Waals surface area contributed by atoms with Gasteiger partial charge in [-0.15, -0.1) is 0 Å². The molecule has 4 rings (SSSR count). The van der Waals surface area contributed by atoms with Gasteiger partial charge in [0, 0.05) is 35.0 Å². The van der Waals surface area contributed by atoms with E-state index in [1.165, 1.54) is 29.6 Å². The monoisotopic (exact) mass is 677 g/mol. The summed E-state index contributed by atoms with van der Waals surface area (Å²) in [6.07, 6.45) is 0. The maximum Gasteiger partial charge on any atom is 0.284 e. The molecule has 0 amide bonds. The standard InChI is InChI=1S/C15H14ClFN2O2S.C15H16ClN3O2S/c2*1-18(2)9-10-5-3-4-6-14(10)22-15-8-12(17)11(16)7-13(15)19(20)21/h3-8H,9H2,1-2H3;3-8H,9,17H2,1-2H3. The lowest BCUT2D eigenvalue weighted by molar-refractivity contribution is -0.387. The van der Waals surface area contributed by atoms with E-state index in [4.69, 9.17) is 28.9 Å². The molecule has 44 heavy (non-hydrogen) atoms. The second-order valence-corrected chi connectivity index (χ2v) is 13.0. The van der Waals surface area contributed by atoms with Gasteiger partial charge in [-0.1, -0.05) is 83.1 Å². The summed E-state index contributed by atoms with van der Waals surface area (Å²) in [6, 6.07) is 20.4. The zero-order valence-corrected chi connectivity index (χ0v) is 27.4. The molecule has 14 heteroatoms. The fourth-order valence-corrected chi connectivity index (χ4v) is 6.35. The molecule has 0 aliphatic rings. The highest BCUT2D eigenvalue weighted by atomic mass is 35.5. The Bertz CT molecular complexity index is 1540. The number of hydrogen-bond donors (Lipinski definition) is 1. The molecule has 0 atom stereocenters. The first-order valence-electron chi connectivity index (χ1n) is 12.9. The van der Waals surface area contributed by atoms with Crippen molar-refractivity contribution in [1.82, 2.24) is 9.80 Å². The molecule has 0 aliphatic carbocycles. The molecule has 0 aliphatic heterocycles. The second kappa shape index (κ2) is 16.1. The minimum atomic E-state index is -0.667. The normalized spacial score (nSPS) is 10.9. The van der Waals surface area contributed by atoms with Crippen LogP contribution in [0.2, 0.25) is 10.0 Å². The van der Waals surface area contributed by atoms with Crippen LogP contribution >= 0.6 is 46.7 Å². The molecule has 0 unspecified atom stereocenters. The van der Waals surface area contributed by atoms with Crippen LogP contribution in [0, 0.1) is 26.0 Å². The van der Waals surface area contributed by atoms with Crippen LogP contribution in [0.4, 0.5) is 21.5 Å². The molecule has 2 N–H and O–H groups in total. The third-order valence-corrected chi connectivity index (χ3v) is 8.78. The Balaban J connectivity index is 0.000000240. The molecular weight excluding hydrogens is 648 g/mol. The molecule has 0 heterocycles. The van der Waals surface area contributed by atoms with Gasteiger partial charge in [0.25, 0.3) is 11.4 Å². The number of nitro groups is 2. The van der Waals surface area contributed by atoms with Gasteiger partial charge in [0.2, 0.25) is 0 Å². The van der Waals surface area contributed by atoms with Crippen LogP contribution in [0.3, 0.4) is 0 Å². The summed E-state index contributed by atoms with van der Waals surface area (Å²) < 4.78 is 13.7. The van der Waals surface area contributed by atoms with Crippen LogP contribution in [-0.2, 0) is 13.1 Å². The van der Waals surface area contributed by atoms with Gasteiger partial charge >= 0.3 is 0 Å². The Morgan fingerprint density at radius 2 is 1.11 bits per heavy atom. The van der Waals surface area contributed by atoms with E-state index in [9.17, 15) is 24.6 Å². The van der Waals surface area contributed by atoms with E-state index in [1.54, 1.807) is 6.07 Å². The van der Waals surface area contributed by atoms with Crippen molar-refractivity contribution in [2.75, 3.05) is 33.9 Å². The topological polar surface area (TPSA) is 119 Å². The molecule has 0 spiro atoms. The zero-order chi connectivity index (χ0) is 32.6. The quantitative estimate of drug-likeness (QED) is 0.0999. The molecule has 232 valence electrons. The number of rotatable bonds is 10. The Morgan fingerprint density at radius 3 is 1.55 bits per heavy atom. The molecule has 0 saturated carbocycles. The average Bonchev–Trinajstić information content (AvgIpc) is 2.94. The summed E-state index contributed by atoms with van der Waals surface area (Å²) in [7, 11) is 7.83. The van der Waals surface area contributed by atoms with Crippen LogP contribution in [0.5, 0.6) is 0 Å². The zero-order valence-electron chi connectivity index (χ0n) is 24.3. The van der Waals surface area contributed by atoms with Gasteiger partial charge in [-0.05, 0) is 63.6 Å². The highest BCUT2D eigenvalue weighted by Crippen LogP contribution is 2.41. The van der Waals surface area contributed by atoms with E-state index in [2.05, 4.69) is 0 Å². The molecule has 0 fully saturated rings. The molecule has 9 nitrogen and oxygen atoms in total. The lowest BCUT2D eigenvalue weighted by Gasteiger charge is -2.14. The van der Waals surface area contributed by atoms with Gasteiger partial charge < -0.3 is 15.5 Å². The Labute approximate surface area is 273 Å². The summed E-state index contributed by atoms with van der Waals surface area (Å²) in [4.78, 5) is 27.9. The number of anilines is 1. The van der Waals surface area contributed by atoms with Gasteiger partial charge in [0.15, 0.2) is 0 Å². The lowest BCUT2D eigenvalue weighted by atomic mass is 10.2. The minimum Gasteiger partial charge on any atom is -0.397 e. The highest BCUT2D eigenvalue weighted by Gasteiger charge is 2.21. The number of nitrogens with two attached hydrogens (primary N) is 1. The Morgan fingerprint density at radius 1 is 0.705 bits per heavy atom. The molecule has 0 aromatic heterocycles. The summed E-state index contributed by atoms with van der Waals surface area (Å²) in [5.41, 5.74) is 8.00. The molecule has 0 radical (unpaired) electrons. The van der Waals surface area contributed by atoms with Crippen LogP contribution in [0.25, 0.3) is 0 Å². The van der Waals surface area contributed by atoms with Gasteiger partial charge in [0.1, 0.15) is 5.82 Å². The van der Waals surface area contributed by atoms with E-state index in [0.29, 0.717) is 17.1 Å². The van der Waals surface area contributed by atoms with Crippen molar-refractivity contribution in [2.45, 2.75) is 32.7 Å². The first kappa shape index (κ1) is 35.1. The minimum absolute atomic E-state index is 0.0381. The number of nitro benzene ring substituents is 2. The van der Waals surface area contributed by atoms with Crippen molar-refractivity contribution < 1.29 is 14.2 Å². The van der Waals surface area contributed by atoms with E-state index < -0.39 is 15.7 Å². The lowest BCUT2D eigenvalue weighted by Crippen LogP contribution is -2.11. The van der Waals surface area contributed by atoms with Crippen molar-refractivity contribution in [2.24, 2.45) is 0 Å².